The Kier molecular flexibility index (Phi) is 5.72. The molecule has 0 saturated heterocycles. The Morgan fingerprint density at radius 1 is 1.24 bits per heavy atom. The highest BCUT2D eigenvalue weighted by atomic mass is 35.5. The summed E-state index contributed by atoms with van der Waals surface area (Å²) in [7, 11) is 0. The first kappa shape index (κ1) is 15.5. The molecule has 0 radical (unpaired) electrons. The molecule has 2 N–H and O–H groups in total. The van der Waals surface area contributed by atoms with E-state index in [2.05, 4.69) is 10.3 Å². The van der Waals surface area contributed by atoms with Gasteiger partial charge in [-0.05, 0) is 30.5 Å². The van der Waals surface area contributed by atoms with E-state index in [0.29, 0.717) is 23.6 Å². The van der Waals surface area contributed by atoms with E-state index in [4.69, 9.17) is 16.7 Å². The molecule has 1 aromatic heterocycles. The molecule has 0 aliphatic rings. The number of rotatable bonds is 6. The van der Waals surface area contributed by atoms with Crippen molar-refractivity contribution in [3.63, 3.8) is 0 Å². The van der Waals surface area contributed by atoms with Gasteiger partial charge < -0.3 is 10.4 Å². The van der Waals surface area contributed by atoms with Gasteiger partial charge in [0.1, 0.15) is 5.69 Å². The highest BCUT2D eigenvalue weighted by Crippen LogP contribution is 2.18. The van der Waals surface area contributed by atoms with Gasteiger partial charge in [-0.1, -0.05) is 41.9 Å². The van der Waals surface area contributed by atoms with Crippen LogP contribution in [0.2, 0.25) is 5.02 Å². The van der Waals surface area contributed by atoms with Crippen molar-refractivity contribution in [3.8, 4) is 0 Å². The Morgan fingerprint density at radius 2 is 2.00 bits per heavy atom. The highest BCUT2D eigenvalue weighted by Gasteiger charge is 2.16. The molecule has 1 amide bonds. The molecule has 5 heteroatoms. The number of benzene rings is 1. The predicted octanol–water partition coefficient (Wildman–Crippen LogP) is 2.98. The van der Waals surface area contributed by atoms with Crippen molar-refractivity contribution in [3.05, 3.63) is 64.9 Å². The fourth-order valence-electron chi connectivity index (χ4n) is 2.05. The van der Waals surface area contributed by atoms with Crippen LogP contribution in [-0.4, -0.2) is 22.6 Å². The minimum Gasteiger partial charge on any atom is -0.396 e. The SMILES string of the molecule is O=C(N[C@@H](CCCO)c1ccccc1)c1ccc(Cl)cn1. The van der Waals surface area contributed by atoms with E-state index >= 15 is 0 Å². The van der Waals surface area contributed by atoms with Crippen LogP contribution in [0.1, 0.15) is 34.9 Å². The van der Waals surface area contributed by atoms with Crippen molar-refractivity contribution in [2.75, 3.05) is 6.61 Å². The number of carbonyl (C=O) groups is 1. The number of nitrogens with zero attached hydrogens (tertiary/aromatic N) is 1. The average molecular weight is 305 g/mol. The van der Waals surface area contributed by atoms with E-state index in [1.165, 1.54) is 6.20 Å². The number of hydrogen-bond donors (Lipinski definition) is 2. The third-order valence-corrected chi connectivity index (χ3v) is 3.34. The molecule has 1 aromatic carbocycles. The van der Waals surface area contributed by atoms with E-state index in [1.54, 1.807) is 12.1 Å². The fourth-order valence-corrected chi connectivity index (χ4v) is 2.16. The molecule has 0 saturated carbocycles. The van der Waals surface area contributed by atoms with Crippen LogP contribution in [0.4, 0.5) is 0 Å². The van der Waals surface area contributed by atoms with E-state index < -0.39 is 0 Å². The summed E-state index contributed by atoms with van der Waals surface area (Å²) < 4.78 is 0. The number of aliphatic hydroxyl groups is 1. The molecule has 4 nitrogen and oxygen atoms in total. The Bertz CT molecular complexity index is 573. The van der Waals surface area contributed by atoms with Crippen LogP contribution in [0.25, 0.3) is 0 Å². The monoisotopic (exact) mass is 304 g/mol. The highest BCUT2D eigenvalue weighted by molar-refractivity contribution is 6.30. The first-order chi connectivity index (χ1) is 10.2. The zero-order chi connectivity index (χ0) is 15.1. The zero-order valence-corrected chi connectivity index (χ0v) is 12.3. The number of carbonyl (C=O) groups excluding carboxylic acids is 1. The summed E-state index contributed by atoms with van der Waals surface area (Å²) in [6.07, 6.45) is 2.73. The molecule has 21 heavy (non-hydrogen) atoms. The maximum Gasteiger partial charge on any atom is 0.270 e. The van der Waals surface area contributed by atoms with Gasteiger partial charge in [-0.15, -0.1) is 0 Å². The molecule has 0 spiro atoms. The molecule has 2 rings (SSSR count). The Balaban J connectivity index is 2.11. The van der Waals surface area contributed by atoms with E-state index in [-0.39, 0.29) is 18.6 Å². The quantitative estimate of drug-likeness (QED) is 0.862. The van der Waals surface area contributed by atoms with E-state index in [9.17, 15) is 4.79 Å². The van der Waals surface area contributed by atoms with Gasteiger partial charge in [0, 0.05) is 12.8 Å². The number of halogens is 1. The molecular formula is C16H17ClN2O2. The number of aromatic nitrogens is 1. The van der Waals surface area contributed by atoms with Crippen LogP contribution in [0.3, 0.4) is 0 Å². The summed E-state index contributed by atoms with van der Waals surface area (Å²) in [5.74, 6) is -0.251. The number of pyridine rings is 1. The topological polar surface area (TPSA) is 62.2 Å². The van der Waals surface area contributed by atoms with Crippen molar-refractivity contribution >= 4 is 17.5 Å². The molecular weight excluding hydrogens is 288 g/mol. The van der Waals surface area contributed by atoms with Crippen LogP contribution < -0.4 is 5.32 Å². The lowest BCUT2D eigenvalue weighted by Gasteiger charge is -2.18. The minimum atomic E-state index is -0.251. The lowest BCUT2D eigenvalue weighted by Crippen LogP contribution is -2.29. The Hall–Kier alpha value is -1.91. The summed E-state index contributed by atoms with van der Waals surface area (Å²) in [6, 6.07) is 12.8. The number of nitrogens with one attached hydrogen (secondary N) is 1. The summed E-state index contributed by atoms with van der Waals surface area (Å²) in [4.78, 5) is 16.2. The second kappa shape index (κ2) is 7.76. The standard InChI is InChI=1S/C16H17ClN2O2/c17-13-8-9-15(18-11-13)16(21)19-14(7-4-10-20)12-5-2-1-3-6-12/h1-3,5-6,8-9,11,14,20H,4,7,10H2,(H,19,21)/t14-/m0/s1. The molecule has 0 aliphatic carbocycles. The van der Waals surface area contributed by atoms with Crippen LogP contribution in [0.15, 0.2) is 48.7 Å². The molecule has 0 fully saturated rings. The fraction of sp³-hybridized carbons (Fsp3) is 0.250. The van der Waals surface area contributed by atoms with Gasteiger partial charge in [0.25, 0.3) is 5.91 Å². The summed E-state index contributed by atoms with van der Waals surface area (Å²) in [5, 5.41) is 12.4. The second-order valence-electron chi connectivity index (χ2n) is 4.66. The number of hydrogen-bond acceptors (Lipinski definition) is 3. The predicted molar refractivity (Wildman–Crippen MR) is 82.2 cm³/mol. The number of aliphatic hydroxyl groups excluding tert-OH is 1. The lowest BCUT2D eigenvalue weighted by molar-refractivity contribution is 0.0927. The molecule has 0 aliphatic heterocycles. The normalized spacial score (nSPS) is 11.9. The summed E-state index contributed by atoms with van der Waals surface area (Å²) in [5.41, 5.74) is 1.33. The summed E-state index contributed by atoms with van der Waals surface area (Å²) >= 11 is 5.76. The smallest absolute Gasteiger partial charge is 0.270 e. The maximum absolute atomic E-state index is 12.2. The van der Waals surface area contributed by atoms with E-state index in [0.717, 1.165) is 5.56 Å². The third-order valence-electron chi connectivity index (χ3n) is 3.12. The molecule has 0 unspecified atom stereocenters. The van der Waals surface area contributed by atoms with Crippen molar-refractivity contribution in [2.24, 2.45) is 0 Å². The van der Waals surface area contributed by atoms with Crippen molar-refractivity contribution in [2.45, 2.75) is 18.9 Å². The van der Waals surface area contributed by atoms with Crippen LogP contribution in [0.5, 0.6) is 0 Å². The van der Waals surface area contributed by atoms with Gasteiger partial charge in [-0.3, -0.25) is 4.79 Å². The van der Waals surface area contributed by atoms with Gasteiger partial charge in [-0.2, -0.15) is 0 Å². The van der Waals surface area contributed by atoms with Gasteiger partial charge in [0.15, 0.2) is 0 Å². The molecule has 1 atom stereocenters. The maximum atomic E-state index is 12.2. The third kappa shape index (κ3) is 4.55. The van der Waals surface area contributed by atoms with Gasteiger partial charge in [-0.25, -0.2) is 4.98 Å². The average Bonchev–Trinajstić information content (AvgIpc) is 2.52. The van der Waals surface area contributed by atoms with Gasteiger partial charge >= 0.3 is 0 Å². The van der Waals surface area contributed by atoms with Crippen molar-refractivity contribution in [1.82, 2.24) is 10.3 Å². The van der Waals surface area contributed by atoms with Gasteiger partial charge in [0.2, 0.25) is 0 Å². The van der Waals surface area contributed by atoms with Crippen LogP contribution in [-0.2, 0) is 0 Å². The lowest BCUT2D eigenvalue weighted by atomic mass is 10.0. The molecule has 110 valence electrons. The Labute approximate surface area is 128 Å². The molecule has 2 aromatic rings. The molecule has 0 bridgehead atoms. The first-order valence-electron chi connectivity index (χ1n) is 6.79. The second-order valence-corrected chi connectivity index (χ2v) is 5.10. The van der Waals surface area contributed by atoms with Gasteiger partial charge in [0.05, 0.1) is 11.1 Å². The number of amides is 1. The van der Waals surface area contributed by atoms with E-state index in [1.807, 2.05) is 30.3 Å². The zero-order valence-electron chi connectivity index (χ0n) is 11.5. The van der Waals surface area contributed by atoms with Crippen molar-refractivity contribution < 1.29 is 9.90 Å². The van der Waals surface area contributed by atoms with Crippen molar-refractivity contribution in [1.29, 1.82) is 0 Å². The molecule has 1 heterocycles. The van der Waals surface area contributed by atoms with Crippen LogP contribution in [0, 0.1) is 0 Å². The minimum absolute atomic E-state index is 0.0956. The van der Waals surface area contributed by atoms with Crippen LogP contribution >= 0.6 is 11.6 Å². The largest absolute Gasteiger partial charge is 0.396 e. The summed E-state index contributed by atoms with van der Waals surface area (Å²) in [6.45, 7) is 0.0956. The first-order valence-corrected chi connectivity index (χ1v) is 7.16. The Morgan fingerprint density at radius 3 is 2.62 bits per heavy atom.